The lowest BCUT2D eigenvalue weighted by atomic mass is 9.90. The van der Waals surface area contributed by atoms with Crippen LogP contribution in [-0.2, 0) is 4.79 Å². The lowest BCUT2D eigenvalue weighted by Gasteiger charge is -2.29. The third-order valence-corrected chi connectivity index (χ3v) is 8.11. The van der Waals surface area contributed by atoms with Gasteiger partial charge in [0.1, 0.15) is 0 Å². The lowest BCUT2D eigenvalue weighted by molar-refractivity contribution is -0.133. The molecule has 1 fully saturated rings. The molecule has 5 rings (SSSR count). The normalized spacial score (nSPS) is 17.5. The van der Waals surface area contributed by atoms with E-state index in [0.29, 0.717) is 37.7 Å². The van der Waals surface area contributed by atoms with E-state index in [0.717, 1.165) is 23.7 Å². The third-order valence-electron chi connectivity index (χ3n) is 8.11. The summed E-state index contributed by atoms with van der Waals surface area (Å²) >= 11 is 0. The first-order valence-electron chi connectivity index (χ1n) is 15.1. The van der Waals surface area contributed by atoms with Gasteiger partial charge in [-0.2, -0.15) is 0 Å². The summed E-state index contributed by atoms with van der Waals surface area (Å²) < 4.78 is 0. The maximum absolute atomic E-state index is 14.0. The van der Waals surface area contributed by atoms with Gasteiger partial charge in [0.2, 0.25) is 5.91 Å². The molecule has 1 heterocycles. The van der Waals surface area contributed by atoms with E-state index in [9.17, 15) is 9.59 Å². The van der Waals surface area contributed by atoms with E-state index in [1.165, 1.54) is 11.1 Å². The Morgan fingerprint density at radius 2 is 1.52 bits per heavy atom. The van der Waals surface area contributed by atoms with Crippen molar-refractivity contribution in [2.24, 2.45) is 0 Å². The minimum absolute atomic E-state index is 0.0145. The first-order chi connectivity index (χ1) is 20.5. The monoisotopic (exact) mass is 562 g/mol. The molecule has 1 saturated heterocycles. The minimum atomic E-state index is -0.325. The van der Waals surface area contributed by atoms with Gasteiger partial charge < -0.3 is 20.9 Å². The first kappa shape index (κ1) is 29.5. The zero-order chi connectivity index (χ0) is 29.3. The molecule has 1 aliphatic rings. The topological polar surface area (TPSA) is 73.5 Å². The van der Waals surface area contributed by atoms with Gasteiger partial charge in [-0.1, -0.05) is 105 Å². The van der Waals surface area contributed by atoms with Crippen molar-refractivity contribution in [2.45, 2.75) is 50.7 Å². The summed E-state index contributed by atoms with van der Waals surface area (Å²) in [5.74, 6) is 0.108. The molecular formula is C36H42N4O2. The van der Waals surface area contributed by atoms with Crippen molar-refractivity contribution < 1.29 is 9.59 Å². The highest BCUT2D eigenvalue weighted by atomic mass is 16.2. The number of benzene rings is 4. The molecular weight excluding hydrogens is 520 g/mol. The Morgan fingerprint density at radius 1 is 0.881 bits per heavy atom. The number of carbonyl (C=O) groups is 2. The van der Waals surface area contributed by atoms with Crippen molar-refractivity contribution in [3.05, 3.63) is 120 Å². The molecule has 3 N–H and O–H groups in total. The molecule has 6 nitrogen and oxygen atoms in total. The zero-order valence-electron chi connectivity index (χ0n) is 24.6. The zero-order valence-corrected chi connectivity index (χ0v) is 24.6. The summed E-state index contributed by atoms with van der Waals surface area (Å²) in [7, 11) is 0. The van der Waals surface area contributed by atoms with Gasteiger partial charge in [-0.25, -0.2) is 0 Å². The molecule has 2 atom stereocenters. The molecule has 0 unspecified atom stereocenters. The number of carbonyl (C=O) groups excluding carboxylic acids is 2. The maximum Gasteiger partial charge on any atom is 0.251 e. The molecule has 0 spiro atoms. The SMILES string of the molecule is CC(C)NCC[C@@H]1N[C@H](CNC(=O)c2ccc3ccccc3c2)CCN(CC(c2ccccc2)c2ccccc2)C1=O. The van der Waals surface area contributed by atoms with Crippen LogP contribution in [0, 0.1) is 0 Å². The van der Waals surface area contributed by atoms with E-state index in [1.54, 1.807) is 0 Å². The Bertz CT molecular complexity index is 1420. The third kappa shape index (κ3) is 7.64. The van der Waals surface area contributed by atoms with Crippen molar-refractivity contribution in [3.8, 4) is 0 Å². The molecule has 218 valence electrons. The van der Waals surface area contributed by atoms with Gasteiger partial charge >= 0.3 is 0 Å². The number of amides is 2. The van der Waals surface area contributed by atoms with Crippen LogP contribution in [0.5, 0.6) is 0 Å². The minimum Gasteiger partial charge on any atom is -0.350 e. The van der Waals surface area contributed by atoms with Crippen molar-refractivity contribution in [1.29, 1.82) is 0 Å². The molecule has 6 heteroatoms. The molecule has 0 radical (unpaired) electrons. The van der Waals surface area contributed by atoms with E-state index >= 15 is 0 Å². The molecule has 0 aliphatic carbocycles. The highest BCUT2D eigenvalue weighted by Gasteiger charge is 2.32. The van der Waals surface area contributed by atoms with Gasteiger partial charge in [-0.3, -0.25) is 9.59 Å². The van der Waals surface area contributed by atoms with E-state index in [4.69, 9.17) is 0 Å². The highest BCUT2D eigenvalue weighted by molar-refractivity contribution is 5.98. The summed E-state index contributed by atoms with van der Waals surface area (Å²) in [6, 6.07) is 34.7. The number of hydrogen-bond acceptors (Lipinski definition) is 4. The van der Waals surface area contributed by atoms with Crippen LogP contribution in [0.15, 0.2) is 103 Å². The van der Waals surface area contributed by atoms with E-state index in [1.807, 2.05) is 59.5 Å². The van der Waals surface area contributed by atoms with Crippen molar-refractivity contribution in [2.75, 3.05) is 26.2 Å². The molecule has 1 aliphatic heterocycles. The summed E-state index contributed by atoms with van der Waals surface area (Å²) in [5, 5.41) is 12.4. The second kappa shape index (κ2) is 14.3. The van der Waals surface area contributed by atoms with E-state index in [-0.39, 0.29) is 29.8 Å². The highest BCUT2D eigenvalue weighted by Crippen LogP contribution is 2.27. The van der Waals surface area contributed by atoms with Crippen LogP contribution >= 0.6 is 0 Å². The Balaban J connectivity index is 1.31. The average molecular weight is 563 g/mol. The van der Waals surface area contributed by atoms with Crippen LogP contribution < -0.4 is 16.0 Å². The van der Waals surface area contributed by atoms with Crippen molar-refractivity contribution in [1.82, 2.24) is 20.9 Å². The summed E-state index contributed by atoms with van der Waals surface area (Å²) in [6.45, 7) is 6.67. The fraction of sp³-hybridized carbons (Fsp3) is 0.333. The molecule has 2 amide bonds. The molecule has 0 aromatic heterocycles. The van der Waals surface area contributed by atoms with Gasteiger partial charge in [0.05, 0.1) is 6.04 Å². The average Bonchev–Trinajstić information content (AvgIpc) is 3.17. The second-order valence-corrected chi connectivity index (χ2v) is 11.5. The quantitative estimate of drug-likeness (QED) is 0.231. The van der Waals surface area contributed by atoms with Gasteiger partial charge in [-0.15, -0.1) is 0 Å². The molecule has 4 aromatic rings. The predicted octanol–water partition coefficient (Wildman–Crippen LogP) is 5.35. The van der Waals surface area contributed by atoms with Gasteiger partial charge in [0.25, 0.3) is 5.91 Å². The largest absolute Gasteiger partial charge is 0.350 e. The van der Waals surface area contributed by atoms with Crippen LogP contribution in [0.25, 0.3) is 10.8 Å². The van der Waals surface area contributed by atoms with Crippen molar-refractivity contribution in [3.63, 3.8) is 0 Å². The summed E-state index contributed by atoms with van der Waals surface area (Å²) in [5.41, 5.74) is 3.04. The van der Waals surface area contributed by atoms with Gasteiger partial charge in [0, 0.05) is 43.2 Å². The molecule has 42 heavy (non-hydrogen) atoms. The van der Waals surface area contributed by atoms with Crippen LogP contribution in [0.4, 0.5) is 0 Å². The van der Waals surface area contributed by atoms with Crippen LogP contribution in [0.3, 0.4) is 0 Å². The molecule has 0 bridgehead atoms. The van der Waals surface area contributed by atoms with Crippen molar-refractivity contribution >= 4 is 22.6 Å². The van der Waals surface area contributed by atoms with Crippen LogP contribution in [0.2, 0.25) is 0 Å². The number of rotatable bonds is 11. The lowest BCUT2D eigenvalue weighted by Crippen LogP contribution is -2.50. The summed E-state index contributed by atoms with van der Waals surface area (Å²) in [6.07, 6.45) is 1.44. The Kier molecular flexibility index (Phi) is 10.0. The number of hydrogen-bond donors (Lipinski definition) is 3. The smallest absolute Gasteiger partial charge is 0.251 e. The molecule has 4 aromatic carbocycles. The van der Waals surface area contributed by atoms with Gasteiger partial charge in [-0.05, 0) is 53.4 Å². The maximum atomic E-state index is 14.0. The summed E-state index contributed by atoms with van der Waals surface area (Å²) in [4.78, 5) is 29.1. The van der Waals surface area contributed by atoms with E-state index < -0.39 is 0 Å². The first-order valence-corrected chi connectivity index (χ1v) is 15.1. The van der Waals surface area contributed by atoms with Crippen LogP contribution in [-0.4, -0.2) is 61.0 Å². The Labute approximate surface area is 249 Å². The fourth-order valence-corrected chi connectivity index (χ4v) is 5.79. The number of nitrogens with zero attached hydrogens (tertiary/aromatic N) is 1. The Morgan fingerprint density at radius 3 is 2.19 bits per heavy atom. The second-order valence-electron chi connectivity index (χ2n) is 11.5. The number of nitrogens with one attached hydrogen (secondary N) is 3. The van der Waals surface area contributed by atoms with Crippen LogP contribution in [0.1, 0.15) is 54.1 Å². The van der Waals surface area contributed by atoms with E-state index in [2.05, 4.69) is 78.3 Å². The standard InChI is InChI=1S/C36H42N4O2/c1-26(2)37-21-19-34-36(42)40(25-33(28-12-5-3-6-13-28)29-14-7-4-8-15-29)22-20-32(39-34)24-38-35(41)31-18-17-27-11-9-10-16-30(27)23-31/h3-18,23,26,32-34,37,39H,19-22,24-25H2,1-2H3,(H,38,41)/t32-,34-/m0/s1. The van der Waals surface area contributed by atoms with Gasteiger partial charge in [0.15, 0.2) is 0 Å². The predicted molar refractivity (Wildman–Crippen MR) is 171 cm³/mol. The molecule has 0 saturated carbocycles. The fourth-order valence-electron chi connectivity index (χ4n) is 5.79. The number of fused-ring (bicyclic) bond motifs is 1. The Hall–Kier alpha value is -4.00.